The van der Waals surface area contributed by atoms with E-state index in [2.05, 4.69) is 0 Å². The molecule has 4 nitrogen and oxygen atoms in total. The predicted octanol–water partition coefficient (Wildman–Crippen LogP) is 3.06. The monoisotopic (exact) mass is 267 g/mol. The van der Waals surface area contributed by atoms with E-state index in [1.165, 1.54) is 17.6 Å². The van der Waals surface area contributed by atoms with E-state index in [1.807, 2.05) is 18.2 Å². The normalized spacial score (nSPS) is 12.3. The SMILES string of the molecule is CS(=O)c1scc(-c2ccccc2)c1[N+](=O)[O-]. The van der Waals surface area contributed by atoms with Gasteiger partial charge in [-0.15, -0.1) is 11.3 Å². The quantitative estimate of drug-likeness (QED) is 0.634. The van der Waals surface area contributed by atoms with Crippen molar-refractivity contribution in [3.63, 3.8) is 0 Å². The average molecular weight is 267 g/mol. The summed E-state index contributed by atoms with van der Waals surface area (Å²) in [6.07, 6.45) is 1.45. The molecule has 2 rings (SSSR count). The Bertz CT molecular complexity index is 578. The summed E-state index contributed by atoms with van der Waals surface area (Å²) in [6.45, 7) is 0. The van der Waals surface area contributed by atoms with Crippen LogP contribution in [0.1, 0.15) is 0 Å². The minimum Gasteiger partial charge on any atom is -0.258 e. The molecule has 1 aromatic heterocycles. The van der Waals surface area contributed by atoms with Crippen LogP contribution in [0.5, 0.6) is 0 Å². The molecule has 0 amide bonds. The predicted molar refractivity (Wildman–Crippen MR) is 68.7 cm³/mol. The van der Waals surface area contributed by atoms with Crippen LogP contribution in [0.25, 0.3) is 11.1 Å². The lowest BCUT2D eigenvalue weighted by molar-refractivity contribution is -0.386. The zero-order chi connectivity index (χ0) is 12.4. The van der Waals surface area contributed by atoms with Gasteiger partial charge in [0, 0.05) is 11.6 Å². The van der Waals surface area contributed by atoms with Gasteiger partial charge in [0.2, 0.25) is 0 Å². The number of thiophene rings is 1. The number of hydrogen-bond acceptors (Lipinski definition) is 4. The van der Waals surface area contributed by atoms with Crippen LogP contribution in [0.15, 0.2) is 39.9 Å². The molecule has 17 heavy (non-hydrogen) atoms. The molecule has 0 aliphatic heterocycles. The molecule has 0 radical (unpaired) electrons. The van der Waals surface area contributed by atoms with Crippen molar-refractivity contribution in [2.24, 2.45) is 0 Å². The van der Waals surface area contributed by atoms with Gasteiger partial charge in [-0.05, 0) is 5.56 Å². The van der Waals surface area contributed by atoms with Crippen LogP contribution in [0.3, 0.4) is 0 Å². The highest BCUT2D eigenvalue weighted by Gasteiger charge is 2.25. The molecule has 88 valence electrons. The third-order valence-corrected chi connectivity index (χ3v) is 4.73. The van der Waals surface area contributed by atoms with Crippen molar-refractivity contribution in [2.45, 2.75) is 4.21 Å². The summed E-state index contributed by atoms with van der Waals surface area (Å²) in [5.74, 6) is 0. The van der Waals surface area contributed by atoms with Crippen LogP contribution in [-0.2, 0) is 10.8 Å². The standard InChI is InChI=1S/C11H9NO3S2/c1-17(15)11-10(12(13)14)9(7-16-11)8-5-3-2-4-6-8/h2-7H,1H3. The smallest absolute Gasteiger partial charge is 0.258 e. The van der Waals surface area contributed by atoms with Crippen molar-refractivity contribution >= 4 is 27.8 Å². The molecule has 0 spiro atoms. The third kappa shape index (κ3) is 2.27. The Kier molecular flexibility index (Phi) is 3.35. The second kappa shape index (κ2) is 4.77. The van der Waals surface area contributed by atoms with E-state index < -0.39 is 15.7 Å². The number of rotatable bonds is 3. The minimum atomic E-state index is -1.34. The largest absolute Gasteiger partial charge is 0.304 e. The van der Waals surface area contributed by atoms with Gasteiger partial charge in [-0.2, -0.15) is 0 Å². The summed E-state index contributed by atoms with van der Waals surface area (Å²) in [5, 5.41) is 12.7. The lowest BCUT2D eigenvalue weighted by Crippen LogP contribution is -1.94. The van der Waals surface area contributed by atoms with Crippen molar-refractivity contribution in [2.75, 3.05) is 6.26 Å². The van der Waals surface area contributed by atoms with E-state index >= 15 is 0 Å². The van der Waals surface area contributed by atoms with Gasteiger partial charge < -0.3 is 0 Å². The fourth-order valence-electron chi connectivity index (χ4n) is 1.53. The number of hydrogen-bond donors (Lipinski definition) is 0. The molecule has 6 heteroatoms. The molecule has 0 saturated carbocycles. The van der Waals surface area contributed by atoms with Crippen LogP contribution in [0.4, 0.5) is 5.69 Å². The number of benzene rings is 1. The highest BCUT2D eigenvalue weighted by molar-refractivity contribution is 7.86. The molecular weight excluding hydrogens is 258 g/mol. The topological polar surface area (TPSA) is 60.2 Å². The van der Waals surface area contributed by atoms with E-state index in [1.54, 1.807) is 17.5 Å². The van der Waals surface area contributed by atoms with Crippen molar-refractivity contribution in [1.29, 1.82) is 0 Å². The van der Waals surface area contributed by atoms with Gasteiger partial charge in [-0.3, -0.25) is 14.3 Å². The molecule has 1 unspecified atom stereocenters. The zero-order valence-electron chi connectivity index (χ0n) is 8.95. The van der Waals surface area contributed by atoms with Crippen LogP contribution in [0.2, 0.25) is 0 Å². The van der Waals surface area contributed by atoms with Crippen LogP contribution >= 0.6 is 11.3 Å². The lowest BCUT2D eigenvalue weighted by Gasteiger charge is -1.98. The van der Waals surface area contributed by atoms with Crippen molar-refractivity contribution in [3.05, 3.63) is 45.8 Å². The summed E-state index contributed by atoms with van der Waals surface area (Å²) in [4.78, 5) is 10.6. The van der Waals surface area contributed by atoms with E-state index in [0.29, 0.717) is 9.77 Å². The molecule has 1 aromatic carbocycles. The summed E-state index contributed by atoms with van der Waals surface area (Å²) in [7, 11) is -1.34. The molecule has 2 aromatic rings. The first-order valence-electron chi connectivity index (χ1n) is 4.76. The van der Waals surface area contributed by atoms with Crippen LogP contribution in [-0.4, -0.2) is 15.4 Å². The van der Waals surface area contributed by atoms with Gasteiger partial charge in [0.05, 0.1) is 21.3 Å². The molecule has 0 aliphatic carbocycles. The highest BCUT2D eigenvalue weighted by Crippen LogP contribution is 2.39. The first kappa shape index (κ1) is 11.9. The molecule has 0 bridgehead atoms. The Balaban J connectivity index is 2.64. The highest BCUT2D eigenvalue weighted by atomic mass is 32.2. The Labute approximate surface area is 105 Å². The van der Waals surface area contributed by atoms with Crippen molar-refractivity contribution in [1.82, 2.24) is 0 Å². The molecule has 0 N–H and O–H groups in total. The Morgan fingerprint density at radius 3 is 2.47 bits per heavy atom. The second-order valence-electron chi connectivity index (χ2n) is 3.36. The van der Waals surface area contributed by atoms with Gasteiger partial charge in [0.15, 0.2) is 4.21 Å². The third-order valence-electron chi connectivity index (χ3n) is 2.26. The Morgan fingerprint density at radius 1 is 1.29 bits per heavy atom. The fraction of sp³-hybridized carbons (Fsp3) is 0.0909. The van der Waals surface area contributed by atoms with Gasteiger partial charge in [-0.25, -0.2) is 0 Å². The summed E-state index contributed by atoms with van der Waals surface area (Å²) in [5.41, 5.74) is 1.26. The minimum absolute atomic E-state index is 0.0398. The molecule has 0 fully saturated rings. The number of nitrogens with zero attached hydrogens (tertiary/aromatic N) is 1. The van der Waals surface area contributed by atoms with Crippen molar-refractivity contribution in [3.8, 4) is 11.1 Å². The molecule has 1 heterocycles. The second-order valence-corrected chi connectivity index (χ2v) is 5.82. The fourth-order valence-corrected chi connectivity index (χ4v) is 3.45. The summed E-state index contributed by atoms with van der Waals surface area (Å²) >= 11 is 1.17. The van der Waals surface area contributed by atoms with E-state index in [-0.39, 0.29) is 5.69 Å². The number of nitro groups is 1. The van der Waals surface area contributed by atoms with E-state index in [4.69, 9.17) is 0 Å². The van der Waals surface area contributed by atoms with E-state index in [9.17, 15) is 14.3 Å². The lowest BCUT2D eigenvalue weighted by atomic mass is 10.1. The van der Waals surface area contributed by atoms with Gasteiger partial charge in [0.25, 0.3) is 0 Å². The Hall–Kier alpha value is -1.53. The maximum absolute atomic E-state index is 11.4. The Morgan fingerprint density at radius 2 is 1.94 bits per heavy atom. The first-order chi connectivity index (χ1) is 8.11. The van der Waals surface area contributed by atoms with Crippen LogP contribution in [0, 0.1) is 10.1 Å². The first-order valence-corrected chi connectivity index (χ1v) is 7.19. The molecular formula is C11H9NO3S2. The molecule has 0 saturated heterocycles. The van der Waals surface area contributed by atoms with Crippen LogP contribution < -0.4 is 0 Å². The maximum Gasteiger partial charge on any atom is 0.304 e. The van der Waals surface area contributed by atoms with Gasteiger partial charge >= 0.3 is 5.69 Å². The maximum atomic E-state index is 11.4. The molecule has 0 aliphatic rings. The zero-order valence-corrected chi connectivity index (χ0v) is 10.6. The molecule has 1 atom stereocenters. The average Bonchev–Trinajstić information content (AvgIpc) is 2.74. The van der Waals surface area contributed by atoms with Gasteiger partial charge in [0.1, 0.15) is 0 Å². The van der Waals surface area contributed by atoms with Crippen molar-refractivity contribution < 1.29 is 9.13 Å². The van der Waals surface area contributed by atoms with Gasteiger partial charge in [-0.1, -0.05) is 30.3 Å². The van der Waals surface area contributed by atoms with E-state index in [0.717, 1.165) is 5.56 Å². The summed E-state index contributed by atoms with van der Waals surface area (Å²) < 4.78 is 11.7. The summed E-state index contributed by atoms with van der Waals surface area (Å²) in [6, 6.07) is 9.09.